The van der Waals surface area contributed by atoms with Gasteiger partial charge in [-0.1, -0.05) is 120 Å². The molecule has 2 fully saturated rings. The van der Waals surface area contributed by atoms with Crippen molar-refractivity contribution in [2.24, 2.45) is 34.8 Å². The summed E-state index contributed by atoms with van der Waals surface area (Å²) < 4.78 is 0. The van der Waals surface area contributed by atoms with E-state index in [1.807, 2.05) is 50.2 Å². The van der Waals surface area contributed by atoms with E-state index < -0.39 is 222 Å². The topological polar surface area (TPSA) is 615 Å². The summed E-state index contributed by atoms with van der Waals surface area (Å²) in [6.45, 7) is 7.32. The van der Waals surface area contributed by atoms with Crippen LogP contribution in [-0.4, -0.2) is 296 Å². The van der Waals surface area contributed by atoms with Crippen LogP contribution in [0.1, 0.15) is 153 Å². The lowest BCUT2D eigenvalue weighted by atomic mass is 9.92. The second-order valence-electron chi connectivity index (χ2n) is 34.7. The van der Waals surface area contributed by atoms with Crippen LogP contribution in [-0.2, 0) is 107 Å². The molecule has 2 aliphatic rings. The first-order chi connectivity index (χ1) is 63.9. The van der Waals surface area contributed by atoms with Gasteiger partial charge in [0.25, 0.3) is 0 Å². The Kier molecular flexibility index (Phi) is 41.4. The highest BCUT2D eigenvalue weighted by Gasteiger charge is 2.44. The molecular formula is C92H132N24O17S. The van der Waals surface area contributed by atoms with Gasteiger partial charge in [0.1, 0.15) is 72.5 Å². The van der Waals surface area contributed by atoms with Crippen molar-refractivity contribution in [2.45, 2.75) is 229 Å². The molecule has 3 aromatic heterocycles. The molecule has 0 aliphatic carbocycles. The van der Waals surface area contributed by atoms with Crippen LogP contribution in [0.4, 0.5) is 0 Å². The number of rotatable bonds is 28. The maximum Gasteiger partial charge on any atom is 0.246 e. The van der Waals surface area contributed by atoms with Crippen molar-refractivity contribution in [3.05, 3.63) is 126 Å². The van der Waals surface area contributed by atoms with Crippen LogP contribution in [0.2, 0.25) is 0 Å². The normalized spacial score (nSPS) is 23.4. The van der Waals surface area contributed by atoms with E-state index in [1.165, 1.54) is 57.4 Å². The van der Waals surface area contributed by atoms with Crippen LogP contribution < -0.4 is 76.1 Å². The number of nitrogens with one attached hydrogen (secondary N) is 14. The predicted octanol–water partition coefficient (Wildman–Crippen LogP) is -0.301. The summed E-state index contributed by atoms with van der Waals surface area (Å²) in [5, 5.41) is 36.4. The molecule has 0 unspecified atom stereocenters. The van der Waals surface area contributed by atoms with Crippen molar-refractivity contribution < 1.29 is 81.5 Å². The average molecular weight is 1880 g/mol. The smallest absolute Gasteiger partial charge is 0.246 e. The van der Waals surface area contributed by atoms with Crippen LogP contribution in [0.15, 0.2) is 104 Å². The second-order valence-corrected chi connectivity index (χ2v) is 35.8. The molecule has 5 heterocycles. The number of nitrogens with two attached hydrogens (primary N) is 4. The van der Waals surface area contributed by atoms with Gasteiger partial charge in [-0.25, -0.2) is 4.98 Å². The number of nitrogens with zero attached hydrogens (tertiary/aromatic N) is 6. The standard InChI is InChI=1S/C92H132N24O17S/c1-10-12-32-73-85(127)106-66(31-22-36-99-92(96)97)83(125)111-72(81(123)102-48-77(95)119)50-134-51-78(120)104-69(39-55-24-15-14-16-25-55)88(130)113(7)54(5)79(121)108-71(44-76(94)118)90(132)116-37-23-34-74(116)86(128)107-67(43-59-47-98-52-103-59)84(126)109-68(38-53(3)4)87(129)112(6)49-60(117)41-56(40-57-45-100-63-28-19-17-26-61(57)63)80(122)105-65(30-21-35-93)82(124)110-70(42-58-46-101-64-29-20-18-27-62(58)64)89(131)115(9)75(33-13-11-2)91(133)114(73)8/h14-20,24-29,45-47,52-54,56,65-75,100-101H,10-13,21-23,30-44,48-51,93H2,1-9H3,(H2,94,118)(H2,95,119)(H,98,103)(H,102,123)(H,104,120)(H,105,122)(H,106,127)(H,107,128)(H,108,121)(H,109,126)(H,110,124)(H,111,125)(H4,96,97,99)/t54-,56+,65-,66-,67-,68-,69-,70-,71-,72-,73-,74-,75-/m0/s1. The minimum Gasteiger partial charge on any atom is -0.370 e. The van der Waals surface area contributed by atoms with Gasteiger partial charge in [-0.3, -0.25) is 86.9 Å². The maximum absolute atomic E-state index is 15.9. The van der Waals surface area contributed by atoms with E-state index >= 15 is 24.0 Å². The van der Waals surface area contributed by atoms with Crippen molar-refractivity contribution in [1.29, 1.82) is 5.41 Å². The number of thioether (sulfide) groups is 1. The number of imidazole rings is 1. The van der Waals surface area contributed by atoms with Gasteiger partial charge in [0, 0.05) is 125 Å². The number of fused-ring (bicyclic) bond motifs is 3. The van der Waals surface area contributed by atoms with Crippen molar-refractivity contribution in [1.82, 2.24) is 97.6 Å². The highest BCUT2D eigenvalue weighted by molar-refractivity contribution is 8.00. The molecular weight excluding hydrogens is 1750 g/mol. The molecule has 2 saturated heterocycles. The van der Waals surface area contributed by atoms with Gasteiger partial charge in [0.2, 0.25) is 94.5 Å². The highest BCUT2D eigenvalue weighted by atomic mass is 32.2. The van der Waals surface area contributed by atoms with Crippen molar-refractivity contribution in [3.8, 4) is 0 Å². The lowest BCUT2D eigenvalue weighted by Gasteiger charge is -2.36. The Morgan fingerprint density at radius 1 is 0.545 bits per heavy atom. The average Bonchev–Trinajstić information content (AvgIpc) is 1.71. The van der Waals surface area contributed by atoms with E-state index in [0.29, 0.717) is 64.5 Å². The maximum atomic E-state index is 15.9. The number of hydrogen-bond donors (Lipinski definition) is 18. The molecule has 134 heavy (non-hydrogen) atoms. The van der Waals surface area contributed by atoms with Gasteiger partial charge >= 0.3 is 0 Å². The Bertz CT molecular complexity index is 5090. The van der Waals surface area contributed by atoms with Crippen LogP contribution in [0.25, 0.3) is 21.8 Å². The predicted molar refractivity (Wildman–Crippen MR) is 502 cm³/mol. The number of hydrogen-bond acceptors (Lipinski definition) is 21. The molecule has 22 N–H and O–H groups in total. The van der Waals surface area contributed by atoms with Gasteiger partial charge in [0.15, 0.2) is 11.7 Å². The van der Waals surface area contributed by atoms with Gasteiger partial charge in [-0.15, -0.1) is 11.8 Å². The number of guanidine groups is 1. The quantitative estimate of drug-likeness (QED) is 0.0170. The molecule has 728 valence electrons. The molecule has 0 spiro atoms. The van der Waals surface area contributed by atoms with Crippen molar-refractivity contribution in [2.75, 3.05) is 72.4 Å². The first-order valence-electron chi connectivity index (χ1n) is 45.5. The Balaban J connectivity index is 1.19. The largest absolute Gasteiger partial charge is 0.370 e. The van der Waals surface area contributed by atoms with Gasteiger partial charge in [0.05, 0.1) is 31.6 Å². The van der Waals surface area contributed by atoms with Gasteiger partial charge in [-0.2, -0.15) is 0 Å². The second kappa shape index (κ2) is 52.2. The number of carbonyl (C=O) groups is 17. The minimum absolute atomic E-state index is 0.0108. The van der Waals surface area contributed by atoms with Crippen LogP contribution >= 0.6 is 11.8 Å². The first kappa shape index (κ1) is 106. The summed E-state index contributed by atoms with van der Waals surface area (Å²) in [4.78, 5) is 269. The SMILES string of the molecule is CCCC[C@H]1C(=O)N(C)[C@@H](CCCC)C(=O)N[C@@H](CCCNC(=N)N)C(=O)N[C@H](C(=O)NCC(N)=O)CSCC(=O)N[C@@H](Cc2ccccc2)C(=O)N(C)[C@@H](C)C(=O)N[C@@H](CC(N)=O)C(=O)N2CCC[C@H]2C(=O)N[C@@H](Cc2cnc[nH]2)C(=O)N[C@@H](CC(C)C)C(=O)N(C)CC(=O)C[C@@H](Cc2c[nH]c3ccccc23)C(=O)N[C@@H](CCCN)C(=O)N[C@@H](Cc2c[nH]c3ccccc23)C(=O)N1C. The van der Waals surface area contributed by atoms with E-state index in [4.69, 9.17) is 28.3 Å². The number of primary amides is 2. The molecule has 42 heteroatoms. The lowest BCUT2D eigenvalue weighted by Crippen LogP contribution is -2.60. The number of amides is 16. The van der Waals surface area contributed by atoms with E-state index in [-0.39, 0.29) is 109 Å². The van der Waals surface area contributed by atoms with Crippen molar-refractivity contribution in [3.63, 3.8) is 0 Å². The van der Waals surface area contributed by atoms with E-state index in [2.05, 4.69) is 73.1 Å². The fourth-order valence-corrected chi connectivity index (χ4v) is 17.3. The molecule has 13 atom stereocenters. The summed E-state index contributed by atoms with van der Waals surface area (Å²) in [7, 11) is 5.41. The number of carbonyl (C=O) groups excluding carboxylic acids is 17. The third-order valence-electron chi connectivity index (χ3n) is 23.9. The zero-order chi connectivity index (χ0) is 98.0. The summed E-state index contributed by atoms with van der Waals surface area (Å²) in [5.74, 6) is -17.2. The third-order valence-corrected chi connectivity index (χ3v) is 25.0. The summed E-state index contributed by atoms with van der Waals surface area (Å²) >= 11 is 0.805. The number of unbranched alkanes of at least 4 members (excludes halogenated alkanes) is 2. The molecule has 0 saturated carbocycles. The Hall–Kier alpha value is -13.3. The first-order valence-corrected chi connectivity index (χ1v) is 46.7. The molecule has 0 radical (unpaired) electrons. The van der Waals surface area contributed by atoms with Gasteiger partial charge in [-0.05, 0) is 112 Å². The van der Waals surface area contributed by atoms with Crippen molar-refractivity contribution >= 4 is 140 Å². The highest BCUT2D eigenvalue weighted by Crippen LogP contribution is 2.28. The summed E-state index contributed by atoms with van der Waals surface area (Å²) in [5.41, 5.74) is 26.5. The number of benzene rings is 3. The van der Waals surface area contributed by atoms with Crippen LogP contribution in [0, 0.1) is 17.2 Å². The molecule has 6 aromatic rings. The third kappa shape index (κ3) is 31.2. The molecule has 16 amide bonds. The Labute approximate surface area is 782 Å². The summed E-state index contributed by atoms with van der Waals surface area (Å²) in [6, 6.07) is 5.56. The zero-order valence-electron chi connectivity index (χ0n) is 77.6. The zero-order valence-corrected chi connectivity index (χ0v) is 78.4. The monoisotopic (exact) mass is 1880 g/mol. The van der Waals surface area contributed by atoms with E-state index in [9.17, 15) is 57.5 Å². The number of aromatic amines is 3. The number of likely N-dealkylation sites (N-methyl/N-ethyl adjacent to an activating group) is 4. The molecule has 2 aliphatic heterocycles. The molecule has 3 aromatic carbocycles. The number of Topliss-reactive ketones (excluding diaryl/α,β-unsaturated/α-hetero) is 1. The van der Waals surface area contributed by atoms with Gasteiger partial charge < -0.3 is 116 Å². The molecule has 41 nitrogen and oxygen atoms in total. The Morgan fingerprint density at radius 3 is 1.72 bits per heavy atom. The number of para-hydroxylation sites is 2. The van der Waals surface area contributed by atoms with Crippen LogP contribution in [0.3, 0.4) is 0 Å². The number of aromatic nitrogens is 4. The fraction of sp³-hybridized carbons (Fsp3) is 0.533. The fourth-order valence-electron chi connectivity index (χ4n) is 16.5. The minimum atomic E-state index is -1.73. The molecule has 8 rings (SSSR count). The number of ketones is 1. The lowest BCUT2D eigenvalue weighted by molar-refractivity contribution is -0.149. The molecule has 0 bridgehead atoms. The van der Waals surface area contributed by atoms with E-state index in [1.54, 1.807) is 68.7 Å². The summed E-state index contributed by atoms with van der Waals surface area (Å²) in [6.07, 6.45) is 6.25. The van der Waals surface area contributed by atoms with E-state index in [0.717, 1.165) is 31.8 Å². The van der Waals surface area contributed by atoms with Crippen LogP contribution in [0.5, 0.6) is 0 Å². The number of H-pyrrole nitrogens is 3. The Morgan fingerprint density at radius 2 is 1.10 bits per heavy atom.